The van der Waals surface area contributed by atoms with Crippen molar-refractivity contribution in [1.29, 1.82) is 0 Å². The predicted molar refractivity (Wildman–Crippen MR) is 112 cm³/mol. The van der Waals surface area contributed by atoms with E-state index in [1.165, 1.54) is 43.3 Å². The zero-order chi connectivity index (χ0) is 22.6. The van der Waals surface area contributed by atoms with E-state index in [-0.39, 0.29) is 27.7 Å². The maximum atomic E-state index is 12.5. The summed E-state index contributed by atoms with van der Waals surface area (Å²) in [5.74, 6) is -0.778. The van der Waals surface area contributed by atoms with E-state index in [1.807, 2.05) is 0 Å². The van der Waals surface area contributed by atoms with E-state index in [0.29, 0.717) is 11.3 Å². The number of non-ortho nitro benzene ring substituents is 1. The van der Waals surface area contributed by atoms with E-state index in [2.05, 4.69) is 5.32 Å². The van der Waals surface area contributed by atoms with Crippen molar-refractivity contribution in [2.24, 2.45) is 0 Å². The van der Waals surface area contributed by atoms with Crippen LogP contribution in [0.3, 0.4) is 0 Å². The van der Waals surface area contributed by atoms with Crippen molar-refractivity contribution in [2.75, 3.05) is 5.32 Å². The molecule has 31 heavy (non-hydrogen) atoms. The van der Waals surface area contributed by atoms with Crippen molar-refractivity contribution in [3.63, 3.8) is 0 Å². The van der Waals surface area contributed by atoms with Crippen LogP contribution in [0.2, 0.25) is 0 Å². The molecule has 0 saturated heterocycles. The second-order valence-corrected chi connectivity index (χ2v) is 7.92. The molecule has 0 saturated carbocycles. The maximum absolute atomic E-state index is 12.5. The molecule has 158 valence electrons. The van der Waals surface area contributed by atoms with Crippen molar-refractivity contribution in [1.82, 2.24) is 0 Å². The number of carbonyl (C=O) groups excluding carboxylic acids is 2. The number of Topliss-reactive ketones (excluding diaryl/α,β-unsaturated/α-hetero) is 1. The molecule has 3 rings (SSSR count). The molecular weight excluding hydrogens is 424 g/mol. The molecule has 0 unspecified atom stereocenters. The van der Waals surface area contributed by atoms with Gasteiger partial charge in [-0.05, 0) is 49.4 Å². The lowest BCUT2D eigenvalue weighted by molar-refractivity contribution is -0.385. The Morgan fingerprint density at radius 2 is 1.65 bits per heavy atom. The predicted octanol–water partition coefficient (Wildman–Crippen LogP) is 3.82. The van der Waals surface area contributed by atoms with Crippen molar-refractivity contribution >= 4 is 33.2 Å². The quantitative estimate of drug-likeness (QED) is 0.256. The maximum Gasteiger partial charge on any atom is 0.339 e. The molecule has 0 aliphatic rings. The van der Waals surface area contributed by atoms with Crippen LogP contribution in [-0.4, -0.2) is 25.0 Å². The van der Waals surface area contributed by atoms with Gasteiger partial charge < -0.3 is 9.50 Å². The van der Waals surface area contributed by atoms with Crippen LogP contribution >= 0.6 is 0 Å². The van der Waals surface area contributed by atoms with Crippen LogP contribution in [-0.2, 0) is 10.1 Å². The molecule has 0 heterocycles. The lowest BCUT2D eigenvalue weighted by Gasteiger charge is -2.10. The summed E-state index contributed by atoms with van der Waals surface area (Å²) in [6.45, 7) is 1.39. The lowest BCUT2D eigenvalue weighted by Crippen LogP contribution is -2.14. The fourth-order valence-corrected chi connectivity index (χ4v) is 3.65. The summed E-state index contributed by atoms with van der Waals surface area (Å²) in [5, 5.41) is 13.5. The first kappa shape index (κ1) is 21.7. The average molecular weight is 440 g/mol. The van der Waals surface area contributed by atoms with Gasteiger partial charge in [-0.3, -0.25) is 19.7 Å². The third-order valence-corrected chi connectivity index (χ3v) is 5.44. The number of nitro groups is 1. The summed E-state index contributed by atoms with van der Waals surface area (Å²) in [6.07, 6.45) is 0. The number of amides is 1. The first-order valence-corrected chi connectivity index (χ1v) is 10.3. The van der Waals surface area contributed by atoms with E-state index in [9.17, 15) is 28.1 Å². The monoisotopic (exact) mass is 440 g/mol. The standard InChI is InChI=1S/C21H16N2O7S/c1-14(24)19-7-2-3-8-20(19)22-21(25)15-9-11-17(12-10-15)30-31(28,29)18-6-4-5-16(13-18)23(26)27/h2-13H,1H3,(H,22,25). The molecule has 0 atom stereocenters. The fraction of sp³-hybridized carbons (Fsp3) is 0.0476. The Kier molecular flexibility index (Phi) is 6.12. The van der Waals surface area contributed by atoms with Crippen LogP contribution < -0.4 is 9.50 Å². The van der Waals surface area contributed by atoms with Crippen LogP contribution in [0.25, 0.3) is 0 Å². The first-order valence-electron chi connectivity index (χ1n) is 8.88. The van der Waals surface area contributed by atoms with Crippen molar-refractivity contribution in [2.45, 2.75) is 11.8 Å². The van der Waals surface area contributed by atoms with E-state index >= 15 is 0 Å². The van der Waals surface area contributed by atoms with Crippen LogP contribution in [0.1, 0.15) is 27.6 Å². The molecule has 0 bridgehead atoms. The lowest BCUT2D eigenvalue weighted by atomic mass is 10.1. The minimum absolute atomic E-state index is 0.0767. The number of hydrogen-bond donors (Lipinski definition) is 1. The van der Waals surface area contributed by atoms with E-state index in [4.69, 9.17) is 4.18 Å². The molecule has 0 aliphatic heterocycles. The number of nitrogens with zero attached hydrogens (tertiary/aromatic N) is 1. The number of nitro benzene ring substituents is 1. The summed E-state index contributed by atoms with van der Waals surface area (Å²) in [5.41, 5.74) is 0.536. The van der Waals surface area contributed by atoms with E-state index in [1.54, 1.807) is 24.3 Å². The minimum Gasteiger partial charge on any atom is -0.379 e. The third kappa shape index (κ3) is 5.11. The number of rotatable bonds is 7. The van der Waals surface area contributed by atoms with Crippen molar-refractivity contribution < 1.29 is 27.1 Å². The number of nitrogens with one attached hydrogen (secondary N) is 1. The molecule has 0 aliphatic carbocycles. The van der Waals surface area contributed by atoms with Gasteiger partial charge >= 0.3 is 10.1 Å². The number of ketones is 1. The molecule has 3 aromatic carbocycles. The van der Waals surface area contributed by atoms with Gasteiger partial charge in [-0.1, -0.05) is 18.2 Å². The van der Waals surface area contributed by atoms with Gasteiger partial charge in [0.2, 0.25) is 0 Å². The van der Waals surface area contributed by atoms with Gasteiger partial charge in [0.15, 0.2) is 5.78 Å². The second kappa shape index (κ2) is 8.76. The molecule has 0 fully saturated rings. The van der Waals surface area contributed by atoms with Gasteiger partial charge in [-0.2, -0.15) is 8.42 Å². The second-order valence-electron chi connectivity index (χ2n) is 6.37. The zero-order valence-electron chi connectivity index (χ0n) is 16.1. The number of hydrogen-bond acceptors (Lipinski definition) is 7. The third-order valence-electron chi connectivity index (χ3n) is 4.19. The fourth-order valence-electron chi connectivity index (χ4n) is 2.68. The SMILES string of the molecule is CC(=O)c1ccccc1NC(=O)c1ccc(OS(=O)(=O)c2cccc([N+](=O)[O-])c2)cc1. The topological polar surface area (TPSA) is 133 Å². The summed E-state index contributed by atoms with van der Waals surface area (Å²) in [6, 6.07) is 16.3. The number of anilines is 1. The average Bonchev–Trinajstić information content (AvgIpc) is 2.74. The Morgan fingerprint density at radius 1 is 0.968 bits per heavy atom. The van der Waals surface area contributed by atoms with E-state index in [0.717, 1.165) is 12.1 Å². The molecule has 0 aromatic heterocycles. The molecule has 3 aromatic rings. The zero-order valence-corrected chi connectivity index (χ0v) is 17.0. The first-order chi connectivity index (χ1) is 14.7. The highest BCUT2D eigenvalue weighted by atomic mass is 32.2. The number of benzene rings is 3. The smallest absolute Gasteiger partial charge is 0.339 e. The van der Waals surface area contributed by atoms with Crippen molar-refractivity contribution in [3.05, 3.63) is 94.0 Å². The van der Waals surface area contributed by atoms with Crippen molar-refractivity contribution in [3.8, 4) is 5.75 Å². The molecule has 10 heteroatoms. The van der Waals surface area contributed by atoms with Gasteiger partial charge in [-0.25, -0.2) is 0 Å². The van der Waals surface area contributed by atoms with Gasteiger partial charge in [0.05, 0.1) is 10.6 Å². The molecule has 9 nitrogen and oxygen atoms in total. The molecule has 0 radical (unpaired) electrons. The van der Waals surface area contributed by atoms with Crippen LogP contribution in [0.5, 0.6) is 5.75 Å². The normalized spacial score (nSPS) is 10.9. The Balaban J connectivity index is 1.76. The Hall–Kier alpha value is -4.05. The van der Waals surface area contributed by atoms with Crippen LogP contribution in [0.15, 0.2) is 77.7 Å². The van der Waals surface area contributed by atoms with Crippen LogP contribution in [0, 0.1) is 10.1 Å². The van der Waals surface area contributed by atoms with Gasteiger partial charge in [0, 0.05) is 23.3 Å². The summed E-state index contributed by atoms with van der Waals surface area (Å²) >= 11 is 0. The highest BCUT2D eigenvalue weighted by Gasteiger charge is 2.20. The molecular formula is C21H16N2O7S. The summed E-state index contributed by atoms with van der Waals surface area (Å²) in [4.78, 5) is 33.9. The number of para-hydroxylation sites is 1. The number of carbonyl (C=O) groups is 2. The van der Waals surface area contributed by atoms with Crippen LogP contribution in [0.4, 0.5) is 11.4 Å². The van der Waals surface area contributed by atoms with Gasteiger partial charge in [-0.15, -0.1) is 0 Å². The Bertz CT molecular complexity index is 1270. The van der Waals surface area contributed by atoms with Gasteiger partial charge in [0.1, 0.15) is 10.6 Å². The Labute approximate surface area is 177 Å². The van der Waals surface area contributed by atoms with E-state index < -0.39 is 20.9 Å². The highest BCUT2D eigenvalue weighted by molar-refractivity contribution is 7.87. The van der Waals surface area contributed by atoms with Gasteiger partial charge in [0.25, 0.3) is 11.6 Å². The highest BCUT2D eigenvalue weighted by Crippen LogP contribution is 2.23. The molecule has 0 spiro atoms. The molecule has 1 N–H and O–H groups in total. The Morgan fingerprint density at radius 3 is 2.29 bits per heavy atom. The molecule has 1 amide bonds. The summed E-state index contributed by atoms with van der Waals surface area (Å²) < 4.78 is 29.8. The summed E-state index contributed by atoms with van der Waals surface area (Å²) in [7, 11) is -4.31. The largest absolute Gasteiger partial charge is 0.379 e. The minimum atomic E-state index is -4.31.